The molecule has 3 rings (SSSR count). The quantitative estimate of drug-likeness (QED) is 0.698. The van der Waals surface area contributed by atoms with Crippen molar-refractivity contribution in [3.05, 3.63) is 12.7 Å². The van der Waals surface area contributed by atoms with E-state index in [9.17, 15) is 0 Å². The molecule has 0 saturated carbocycles. The summed E-state index contributed by atoms with van der Waals surface area (Å²) in [6, 6.07) is 0. The fourth-order valence-corrected chi connectivity index (χ4v) is 2.02. The normalized spacial score (nSPS) is 16.0. The van der Waals surface area contributed by atoms with E-state index in [0.29, 0.717) is 11.9 Å². The van der Waals surface area contributed by atoms with Crippen molar-refractivity contribution >= 4 is 11.9 Å². The summed E-state index contributed by atoms with van der Waals surface area (Å²) in [7, 11) is 0. The van der Waals surface area contributed by atoms with E-state index in [1.807, 2.05) is 0 Å². The predicted molar refractivity (Wildman–Crippen MR) is 74.9 cm³/mol. The van der Waals surface area contributed by atoms with Gasteiger partial charge in [0.05, 0.1) is 13.2 Å². The van der Waals surface area contributed by atoms with Crippen LogP contribution in [0.25, 0.3) is 5.95 Å². The van der Waals surface area contributed by atoms with Gasteiger partial charge in [-0.05, 0) is 0 Å². The predicted octanol–water partition coefficient (Wildman–Crippen LogP) is -1.22. The van der Waals surface area contributed by atoms with E-state index in [1.165, 1.54) is 17.3 Å². The number of anilines is 2. The maximum Gasteiger partial charge on any atom is 0.258 e. The van der Waals surface area contributed by atoms with Crippen LogP contribution < -0.4 is 11.1 Å². The van der Waals surface area contributed by atoms with E-state index >= 15 is 0 Å². The van der Waals surface area contributed by atoms with Crippen molar-refractivity contribution < 1.29 is 4.74 Å². The number of nitrogen functional groups attached to an aromatic ring is 1. The number of nitrogens with one attached hydrogen (secondary N) is 1. The zero-order valence-electron chi connectivity index (χ0n) is 11.5. The number of hydrogen-bond donors (Lipinski definition) is 2. The second-order valence-electron chi connectivity index (χ2n) is 4.54. The van der Waals surface area contributed by atoms with Crippen molar-refractivity contribution in [1.29, 1.82) is 0 Å². The van der Waals surface area contributed by atoms with Crippen LogP contribution in [0.2, 0.25) is 0 Å². The van der Waals surface area contributed by atoms with Crippen molar-refractivity contribution in [1.82, 2.24) is 34.6 Å². The Kier molecular flexibility index (Phi) is 4.17. The first kappa shape index (κ1) is 13.6. The Balaban J connectivity index is 1.60. The third-order valence-electron chi connectivity index (χ3n) is 3.08. The van der Waals surface area contributed by atoms with Crippen molar-refractivity contribution in [2.24, 2.45) is 0 Å². The largest absolute Gasteiger partial charge is 0.379 e. The molecule has 0 amide bonds. The lowest BCUT2D eigenvalue weighted by atomic mass is 10.4. The number of aromatic nitrogens is 6. The van der Waals surface area contributed by atoms with Crippen LogP contribution in [0.15, 0.2) is 12.7 Å². The number of hydrogen-bond acceptors (Lipinski definition) is 9. The lowest BCUT2D eigenvalue weighted by Crippen LogP contribution is -2.39. The molecule has 0 aliphatic carbocycles. The zero-order chi connectivity index (χ0) is 14.5. The molecule has 0 bridgehead atoms. The summed E-state index contributed by atoms with van der Waals surface area (Å²) < 4.78 is 6.75. The molecule has 0 aromatic carbocycles. The lowest BCUT2D eigenvalue weighted by molar-refractivity contribution is 0.0398. The minimum absolute atomic E-state index is 0.143. The maximum absolute atomic E-state index is 5.69. The van der Waals surface area contributed by atoms with Gasteiger partial charge in [-0.3, -0.25) is 4.90 Å². The van der Waals surface area contributed by atoms with E-state index in [0.717, 1.165) is 39.4 Å². The summed E-state index contributed by atoms with van der Waals surface area (Å²) in [6.07, 6.45) is 2.91. The van der Waals surface area contributed by atoms with Gasteiger partial charge in [0.25, 0.3) is 5.95 Å². The van der Waals surface area contributed by atoms with Gasteiger partial charge in [-0.1, -0.05) is 0 Å². The molecule has 10 heteroatoms. The SMILES string of the molecule is Nc1nc(NCCN2CCOCC2)nc(-n2cncn2)n1. The van der Waals surface area contributed by atoms with Crippen molar-refractivity contribution in [2.75, 3.05) is 50.4 Å². The van der Waals surface area contributed by atoms with Crippen LogP contribution in [0.4, 0.5) is 11.9 Å². The number of morpholine rings is 1. The van der Waals surface area contributed by atoms with Crippen LogP contribution >= 0.6 is 0 Å². The maximum atomic E-state index is 5.69. The number of rotatable bonds is 5. The first-order valence-corrected chi connectivity index (χ1v) is 6.72. The van der Waals surface area contributed by atoms with E-state index in [2.05, 4.69) is 35.3 Å². The van der Waals surface area contributed by atoms with Gasteiger partial charge in [0.15, 0.2) is 0 Å². The molecule has 0 spiro atoms. The van der Waals surface area contributed by atoms with E-state index in [-0.39, 0.29) is 5.95 Å². The highest BCUT2D eigenvalue weighted by molar-refractivity contribution is 5.34. The molecule has 1 fully saturated rings. The molecule has 1 aliphatic rings. The second-order valence-corrected chi connectivity index (χ2v) is 4.54. The summed E-state index contributed by atoms with van der Waals surface area (Å²) >= 11 is 0. The van der Waals surface area contributed by atoms with Gasteiger partial charge in [-0.2, -0.15) is 24.7 Å². The van der Waals surface area contributed by atoms with Crippen LogP contribution in [-0.2, 0) is 4.74 Å². The van der Waals surface area contributed by atoms with Crippen molar-refractivity contribution in [3.8, 4) is 5.95 Å². The van der Waals surface area contributed by atoms with Crippen LogP contribution in [-0.4, -0.2) is 74.0 Å². The highest BCUT2D eigenvalue weighted by atomic mass is 16.5. The Morgan fingerprint density at radius 2 is 2.10 bits per heavy atom. The highest BCUT2D eigenvalue weighted by Crippen LogP contribution is 2.05. The molecule has 2 aromatic heterocycles. The zero-order valence-corrected chi connectivity index (χ0v) is 11.5. The molecule has 112 valence electrons. The van der Waals surface area contributed by atoms with Crippen LogP contribution in [0.5, 0.6) is 0 Å². The molecule has 1 saturated heterocycles. The number of nitrogens with two attached hydrogens (primary N) is 1. The molecule has 10 nitrogen and oxygen atoms in total. The second kappa shape index (κ2) is 6.41. The summed E-state index contributed by atoms with van der Waals surface area (Å²) in [5.74, 6) is 0.916. The van der Waals surface area contributed by atoms with E-state index < -0.39 is 0 Å². The van der Waals surface area contributed by atoms with Crippen LogP contribution in [0.3, 0.4) is 0 Å². The summed E-state index contributed by atoms with van der Waals surface area (Å²) in [6.45, 7) is 5.09. The van der Waals surface area contributed by atoms with Gasteiger partial charge in [0.2, 0.25) is 11.9 Å². The summed E-state index contributed by atoms with van der Waals surface area (Å²) in [5, 5.41) is 7.12. The third-order valence-corrected chi connectivity index (χ3v) is 3.08. The Morgan fingerprint density at radius 3 is 2.86 bits per heavy atom. The highest BCUT2D eigenvalue weighted by Gasteiger charge is 2.10. The topological polar surface area (TPSA) is 120 Å². The summed E-state index contributed by atoms with van der Waals surface area (Å²) in [5.41, 5.74) is 5.69. The minimum Gasteiger partial charge on any atom is -0.379 e. The molecule has 21 heavy (non-hydrogen) atoms. The lowest BCUT2D eigenvalue weighted by Gasteiger charge is -2.26. The molecule has 0 unspecified atom stereocenters. The van der Waals surface area contributed by atoms with E-state index in [4.69, 9.17) is 10.5 Å². The average molecular weight is 291 g/mol. The van der Waals surface area contributed by atoms with Crippen molar-refractivity contribution in [2.45, 2.75) is 0 Å². The monoisotopic (exact) mass is 291 g/mol. The minimum atomic E-state index is 0.143. The van der Waals surface area contributed by atoms with Gasteiger partial charge < -0.3 is 15.8 Å². The Morgan fingerprint density at radius 1 is 1.24 bits per heavy atom. The molecule has 3 N–H and O–H groups in total. The van der Waals surface area contributed by atoms with Gasteiger partial charge in [0, 0.05) is 26.2 Å². The average Bonchev–Trinajstić information content (AvgIpc) is 3.02. The van der Waals surface area contributed by atoms with Crippen LogP contribution in [0, 0.1) is 0 Å². The fraction of sp³-hybridized carbons (Fsp3) is 0.545. The molecule has 0 radical (unpaired) electrons. The van der Waals surface area contributed by atoms with Gasteiger partial charge in [0.1, 0.15) is 12.7 Å². The number of ether oxygens (including phenoxy) is 1. The molecule has 3 heterocycles. The van der Waals surface area contributed by atoms with Gasteiger partial charge in [-0.25, -0.2) is 4.98 Å². The molecule has 1 aliphatic heterocycles. The molecule has 2 aromatic rings. The Hall–Kier alpha value is -2.33. The smallest absolute Gasteiger partial charge is 0.258 e. The molecular formula is C11H17N9O. The summed E-state index contributed by atoms with van der Waals surface area (Å²) in [4.78, 5) is 18.5. The first-order valence-electron chi connectivity index (χ1n) is 6.72. The fourth-order valence-electron chi connectivity index (χ4n) is 2.02. The van der Waals surface area contributed by atoms with Crippen molar-refractivity contribution in [3.63, 3.8) is 0 Å². The van der Waals surface area contributed by atoms with E-state index in [1.54, 1.807) is 0 Å². The van der Waals surface area contributed by atoms with Gasteiger partial charge >= 0.3 is 0 Å². The molecular weight excluding hydrogens is 274 g/mol. The Labute approximate surface area is 121 Å². The third kappa shape index (κ3) is 3.61. The Bertz CT molecular complexity index is 567. The van der Waals surface area contributed by atoms with Gasteiger partial charge in [-0.15, -0.1) is 0 Å². The molecule has 0 atom stereocenters. The standard InChI is InChI=1S/C11H17N9O/c12-9-16-10(14-1-2-19-3-5-21-6-4-19)18-11(17-9)20-8-13-7-15-20/h7-8H,1-6H2,(H3,12,14,16,17,18). The first-order chi connectivity index (χ1) is 10.3. The number of nitrogens with zero attached hydrogens (tertiary/aromatic N) is 7. The van der Waals surface area contributed by atoms with Crippen LogP contribution in [0.1, 0.15) is 0 Å².